The Morgan fingerprint density at radius 3 is 2.29 bits per heavy atom. The number of thioether (sulfide) groups is 1. The molecule has 0 spiro atoms. The van der Waals surface area contributed by atoms with Crippen LogP contribution in [0.5, 0.6) is 0 Å². The molecule has 0 rings (SSSR count). The Morgan fingerprint density at radius 1 is 0.929 bits per heavy atom. The van der Waals surface area contributed by atoms with E-state index >= 15 is 0 Å². The van der Waals surface area contributed by atoms with Crippen LogP contribution < -0.4 is 0 Å². The van der Waals surface area contributed by atoms with Crippen LogP contribution >= 0.6 is 11.8 Å². The van der Waals surface area contributed by atoms with Crippen LogP contribution in [0.25, 0.3) is 0 Å². The summed E-state index contributed by atoms with van der Waals surface area (Å²) in [5.41, 5.74) is 0. The maximum absolute atomic E-state index is 9.91. The molecule has 0 aromatic heterocycles. The van der Waals surface area contributed by atoms with E-state index in [-0.39, 0.29) is 0 Å². The highest BCUT2D eigenvalue weighted by Gasteiger charge is 1.92. The molecule has 0 aliphatic carbocycles. The molecule has 0 N–H and O–H groups in total. The van der Waals surface area contributed by atoms with Crippen molar-refractivity contribution < 1.29 is 4.79 Å². The van der Waals surface area contributed by atoms with Gasteiger partial charge in [0.2, 0.25) is 0 Å². The predicted octanol–water partition coefficient (Wildman–Crippen LogP) is 3.97. The highest BCUT2D eigenvalue weighted by Crippen LogP contribution is 2.10. The standard InChI is InChI=1S/C12H23OS/c1-2-3-4-5-6-8-11-14-12-9-7-10-13/h2-9,11-12H2,1H3. The third-order valence-electron chi connectivity index (χ3n) is 2.21. The molecule has 0 unspecified atom stereocenters. The van der Waals surface area contributed by atoms with Crippen LogP contribution in [-0.2, 0) is 4.79 Å². The van der Waals surface area contributed by atoms with Crippen LogP contribution in [0.4, 0.5) is 0 Å². The van der Waals surface area contributed by atoms with Gasteiger partial charge < -0.3 is 0 Å². The highest BCUT2D eigenvalue weighted by atomic mass is 32.2. The van der Waals surface area contributed by atoms with Crippen molar-refractivity contribution in [3.63, 3.8) is 0 Å². The molecular weight excluding hydrogens is 192 g/mol. The number of carbonyl (C=O) groups excluding carboxylic acids is 1. The maximum atomic E-state index is 9.91. The Bertz CT molecular complexity index is 115. The van der Waals surface area contributed by atoms with Crippen LogP contribution in [0.3, 0.4) is 0 Å². The fourth-order valence-corrected chi connectivity index (χ4v) is 2.29. The van der Waals surface area contributed by atoms with Crippen molar-refractivity contribution >= 4 is 18.0 Å². The fraction of sp³-hybridized carbons (Fsp3) is 0.917. The van der Waals surface area contributed by atoms with Gasteiger partial charge in [-0.1, -0.05) is 39.0 Å². The number of hydrogen-bond acceptors (Lipinski definition) is 2. The van der Waals surface area contributed by atoms with Crippen molar-refractivity contribution in [2.45, 2.75) is 58.3 Å². The summed E-state index contributed by atoms with van der Waals surface area (Å²) >= 11 is 1.98. The first-order chi connectivity index (χ1) is 6.91. The van der Waals surface area contributed by atoms with Gasteiger partial charge in [0.25, 0.3) is 0 Å². The smallest absolute Gasteiger partial charge is 0.198 e. The summed E-state index contributed by atoms with van der Waals surface area (Å²) < 4.78 is 0. The molecule has 1 nitrogen and oxygen atoms in total. The van der Waals surface area contributed by atoms with Crippen molar-refractivity contribution in [3.05, 3.63) is 0 Å². The topological polar surface area (TPSA) is 17.1 Å². The van der Waals surface area contributed by atoms with E-state index in [9.17, 15) is 4.79 Å². The van der Waals surface area contributed by atoms with Gasteiger partial charge in [-0.2, -0.15) is 11.8 Å². The molecule has 1 radical (unpaired) electrons. The van der Waals surface area contributed by atoms with Crippen LogP contribution in [0.15, 0.2) is 0 Å². The van der Waals surface area contributed by atoms with Gasteiger partial charge in [0.1, 0.15) is 0 Å². The quantitative estimate of drug-likeness (QED) is 0.485. The minimum Gasteiger partial charge on any atom is -0.291 e. The Labute approximate surface area is 93.0 Å². The summed E-state index contributed by atoms with van der Waals surface area (Å²) in [5.74, 6) is 2.40. The van der Waals surface area contributed by atoms with Crippen molar-refractivity contribution in [3.8, 4) is 0 Å². The lowest BCUT2D eigenvalue weighted by Crippen LogP contribution is -1.86. The minimum atomic E-state index is 0.615. The first-order valence-electron chi connectivity index (χ1n) is 5.84. The van der Waals surface area contributed by atoms with Gasteiger partial charge in [0.05, 0.1) is 0 Å². The van der Waals surface area contributed by atoms with Crippen LogP contribution in [0.1, 0.15) is 58.3 Å². The summed E-state index contributed by atoms with van der Waals surface area (Å²) in [6.45, 7) is 2.25. The second-order valence-corrected chi connectivity index (χ2v) is 4.85. The van der Waals surface area contributed by atoms with Crippen molar-refractivity contribution in [2.75, 3.05) is 11.5 Å². The predicted molar refractivity (Wildman–Crippen MR) is 65.6 cm³/mol. The number of rotatable bonds is 11. The molecule has 0 aliphatic heterocycles. The Hall–Kier alpha value is 0.0200. The van der Waals surface area contributed by atoms with E-state index in [1.54, 1.807) is 0 Å². The zero-order valence-corrected chi connectivity index (χ0v) is 10.2. The normalized spacial score (nSPS) is 10.4. The fourth-order valence-electron chi connectivity index (χ4n) is 1.33. The molecule has 0 atom stereocenters. The maximum Gasteiger partial charge on any atom is 0.198 e. The summed E-state index contributed by atoms with van der Waals surface area (Å²) in [6.07, 6.45) is 11.8. The van der Waals surface area contributed by atoms with Gasteiger partial charge in [0.15, 0.2) is 6.29 Å². The van der Waals surface area contributed by atoms with Gasteiger partial charge in [-0.3, -0.25) is 4.79 Å². The molecule has 0 bridgehead atoms. The number of unbranched alkanes of at least 4 members (excludes halogenated alkanes) is 6. The SMILES string of the molecule is CCCCCCCCSCCC[C]=O. The molecule has 0 heterocycles. The average molecular weight is 215 g/mol. The first kappa shape index (κ1) is 14.0. The van der Waals surface area contributed by atoms with E-state index < -0.39 is 0 Å². The minimum absolute atomic E-state index is 0.615. The third kappa shape index (κ3) is 12.0. The van der Waals surface area contributed by atoms with E-state index in [0.29, 0.717) is 6.42 Å². The molecule has 0 saturated heterocycles. The van der Waals surface area contributed by atoms with Crippen molar-refractivity contribution in [1.29, 1.82) is 0 Å². The molecule has 0 aromatic rings. The van der Waals surface area contributed by atoms with E-state index in [1.165, 1.54) is 44.3 Å². The highest BCUT2D eigenvalue weighted by molar-refractivity contribution is 7.99. The van der Waals surface area contributed by atoms with Crippen LogP contribution in [-0.4, -0.2) is 17.8 Å². The van der Waals surface area contributed by atoms with E-state index in [1.807, 2.05) is 18.0 Å². The van der Waals surface area contributed by atoms with Gasteiger partial charge >= 0.3 is 0 Å². The van der Waals surface area contributed by atoms with Gasteiger partial charge in [-0.25, -0.2) is 0 Å². The molecule has 0 fully saturated rings. The largest absolute Gasteiger partial charge is 0.291 e. The Kier molecular flexibility index (Phi) is 13.0. The molecule has 0 saturated carbocycles. The van der Waals surface area contributed by atoms with E-state index in [0.717, 1.165) is 12.2 Å². The molecule has 83 valence electrons. The second-order valence-electron chi connectivity index (χ2n) is 3.63. The first-order valence-corrected chi connectivity index (χ1v) is 7.00. The lowest BCUT2D eigenvalue weighted by Gasteiger charge is -2.00. The van der Waals surface area contributed by atoms with E-state index in [2.05, 4.69) is 6.92 Å². The van der Waals surface area contributed by atoms with Crippen molar-refractivity contribution in [2.24, 2.45) is 0 Å². The average Bonchev–Trinajstić information content (AvgIpc) is 2.21. The zero-order chi connectivity index (χ0) is 10.5. The summed E-state index contributed by atoms with van der Waals surface area (Å²) in [5, 5.41) is 0. The summed E-state index contributed by atoms with van der Waals surface area (Å²) in [6, 6.07) is 0. The molecular formula is C12H23OS. The van der Waals surface area contributed by atoms with Gasteiger partial charge in [0, 0.05) is 6.42 Å². The van der Waals surface area contributed by atoms with Crippen LogP contribution in [0.2, 0.25) is 0 Å². The van der Waals surface area contributed by atoms with Crippen molar-refractivity contribution in [1.82, 2.24) is 0 Å². The Balaban J connectivity index is 2.81. The second kappa shape index (κ2) is 13.0. The Morgan fingerprint density at radius 2 is 1.57 bits per heavy atom. The van der Waals surface area contributed by atoms with Gasteiger partial charge in [-0.05, 0) is 24.3 Å². The molecule has 2 heteroatoms. The third-order valence-corrected chi connectivity index (χ3v) is 3.36. The molecule has 0 aliphatic rings. The lowest BCUT2D eigenvalue weighted by molar-refractivity contribution is 0.550. The lowest BCUT2D eigenvalue weighted by atomic mass is 10.1. The molecule has 0 aromatic carbocycles. The monoisotopic (exact) mass is 215 g/mol. The molecule has 14 heavy (non-hydrogen) atoms. The van der Waals surface area contributed by atoms with E-state index in [4.69, 9.17) is 0 Å². The molecule has 0 amide bonds. The summed E-state index contributed by atoms with van der Waals surface area (Å²) in [7, 11) is 0. The van der Waals surface area contributed by atoms with Crippen LogP contribution in [0, 0.1) is 0 Å². The zero-order valence-electron chi connectivity index (χ0n) is 9.39. The number of hydrogen-bond donors (Lipinski definition) is 0. The van der Waals surface area contributed by atoms with Gasteiger partial charge in [-0.15, -0.1) is 0 Å². The summed E-state index contributed by atoms with van der Waals surface area (Å²) in [4.78, 5) is 9.91.